The lowest BCUT2D eigenvalue weighted by Gasteiger charge is -2.45. The third-order valence-corrected chi connectivity index (χ3v) is 7.28. The maximum Gasteiger partial charge on any atom is 0.270 e. The van der Waals surface area contributed by atoms with Crippen LogP contribution in [0.2, 0.25) is 0 Å². The Morgan fingerprint density at radius 2 is 1.71 bits per heavy atom. The number of benzene rings is 3. The first-order valence-corrected chi connectivity index (χ1v) is 11.9. The summed E-state index contributed by atoms with van der Waals surface area (Å²) in [4.78, 5) is 32.7. The number of fused-ring (bicyclic) bond motifs is 6. The molecule has 34 heavy (non-hydrogen) atoms. The molecule has 0 saturated carbocycles. The van der Waals surface area contributed by atoms with Crippen LogP contribution in [-0.2, 0) is 4.79 Å². The van der Waals surface area contributed by atoms with E-state index >= 15 is 0 Å². The zero-order chi connectivity index (χ0) is 23.3. The lowest BCUT2D eigenvalue weighted by Crippen LogP contribution is -2.59. The Morgan fingerprint density at radius 1 is 1.03 bits per heavy atom. The van der Waals surface area contributed by atoms with E-state index in [4.69, 9.17) is 9.73 Å². The maximum atomic E-state index is 13.7. The summed E-state index contributed by atoms with van der Waals surface area (Å²) in [5.41, 5.74) is 1.11. The van der Waals surface area contributed by atoms with Gasteiger partial charge < -0.3 is 10.1 Å². The lowest BCUT2D eigenvalue weighted by atomic mass is 9.80. The summed E-state index contributed by atoms with van der Waals surface area (Å²) in [5, 5.41) is 2.99. The number of amides is 1. The molecular formula is C27H21N3O3S. The van der Waals surface area contributed by atoms with Crippen molar-refractivity contribution in [2.75, 3.05) is 5.32 Å². The zero-order valence-electron chi connectivity index (χ0n) is 18.3. The maximum absolute atomic E-state index is 13.7. The number of rotatable bonds is 3. The van der Waals surface area contributed by atoms with Crippen molar-refractivity contribution in [1.29, 1.82) is 0 Å². The van der Waals surface area contributed by atoms with Gasteiger partial charge in [-0.25, -0.2) is 4.99 Å². The fourth-order valence-electron chi connectivity index (χ4n) is 4.79. The predicted molar refractivity (Wildman–Crippen MR) is 132 cm³/mol. The minimum absolute atomic E-state index is 0.158. The summed E-state index contributed by atoms with van der Waals surface area (Å²) in [6, 6.07) is 26.0. The molecule has 1 amide bonds. The van der Waals surface area contributed by atoms with Crippen molar-refractivity contribution < 1.29 is 9.53 Å². The molecular weight excluding hydrogens is 446 g/mol. The van der Waals surface area contributed by atoms with Crippen molar-refractivity contribution in [3.8, 4) is 5.75 Å². The number of aromatic nitrogens is 1. The van der Waals surface area contributed by atoms with E-state index in [1.807, 2.05) is 97.9 Å². The van der Waals surface area contributed by atoms with Crippen LogP contribution in [0.25, 0.3) is 6.08 Å². The molecule has 2 aliphatic heterocycles. The average molecular weight is 468 g/mol. The van der Waals surface area contributed by atoms with E-state index in [2.05, 4.69) is 5.32 Å². The minimum atomic E-state index is -1.15. The highest BCUT2D eigenvalue weighted by atomic mass is 32.1. The number of nitrogens with zero attached hydrogens (tertiary/aromatic N) is 2. The third-order valence-electron chi connectivity index (χ3n) is 6.30. The number of anilines is 1. The molecule has 1 aromatic heterocycles. The SMILES string of the molecule is C[C@]12N=c3s/c(=C/c4ccccc4)c(=O)n3[C@H](c3ccccc3O1)[C@H]2C(=O)Nc1ccccc1. The number of ether oxygens (including phenoxy) is 1. The molecule has 0 fully saturated rings. The molecule has 6 rings (SSSR count). The van der Waals surface area contributed by atoms with Gasteiger partial charge in [0.25, 0.3) is 5.56 Å². The second kappa shape index (κ2) is 7.81. The third kappa shape index (κ3) is 3.28. The highest BCUT2D eigenvalue weighted by Crippen LogP contribution is 2.47. The van der Waals surface area contributed by atoms with Crippen LogP contribution in [0.15, 0.2) is 94.7 Å². The number of thiazole rings is 1. The summed E-state index contributed by atoms with van der Waals surface area (Å²) >= 11 is 1.32. The molecule has 3 aromatic carbocycles. The Morgan fingerprint density at radius 3 is 2.47 bits per heavy atom. The molecule has 3 atom stereocenters. The molecule has 168 valence electrons. The van der Waals surface area contributed by atoms with Crippen molar-refractivity contribution in [1.82, 2.24) is 4.57 Å². The molecule has 2 aliphatic rings. The highest BCUT2D eigenvalue weighted by Gasteiger charge is 2.55. The number of para-hydroxylation sites is 2. The number of carbonyl (C=O) groups is 1. The summed E-state index contributed by atoms with van der Waals surface area (Å²) in [6.07, 6.45) is 1.87. The molecule has 0 aliphatic carbocycles. The van der Waals surface area contributed by atoms with Crippen LogP contribution in [0.3, 0.4) is 0 Å². The van der Waals surface area contributed by atoms with Gasteiger partial charge in [0.1, 0.15) is 11.7 Å². The van der Waals surface area contributed by atoms with Gasteiger partial charge in [0, 0.05) is 11.3 Å². The number of hydrogen-bond donors (Lipinski definition) is 1. The van der Waals surface area contributed by atoms with Crippen LogP contribution in [0.1, 0.15) is 24.1 Å². The Kier molecular flexibility index (Phi) is 4.74. The number of hydrogen-bond acceptors (Lipinski definition) is 5. The van der Waals surface area contributed by atoms with Crippen LogP contribution in [0, 0.1) is 5.92 Å². The second-order valence-electron chi connectivity index (χ2n) is 8.56. The van der Waals surface area contributed by atoms with Crippen LogP contribution < -0.4 is 24.9 Å². The first-order valence-electron chi connectivity index (χ1n) is 11.1. The van der Waals surface area contributed by atoms with Gasteiger partial charge in [0.15, 0.2) is 4.80 Å². The Hall–Kier alpha value is -3.97. The Bertz CT molecular complexity index is 1580. The van der Waals surface area contributed by atoms with Crippen molar-refractivity contribution in [2.24, 2.45) is 10.9 Å². The monoisotopic (exact) mass is 467 g/mol. The van der Waals surface area contributed by atoms with Gasteiger partial charge in [-0.05, 0) is 36.8 Å². The van der Waals surface area contributed by atoms with E-state index in [0.29, 0.717) is 20.8 Å². The van der Waals surface area contributed by atoms with Crippen molar-refractivity contribution in [3.63, 3.8) is 0 Å². The van der Waals surface area contributed by atoms with Gasteiger partial charge >= 0.3 is 0 Å². The first-order chi connectivity index (χ1) is 16.5. The fourth-order valence-corrected chi connectivity index (χ4v) is 5.88. The number of carbonyl (C=O) groups excluding carboxylic acids is 1. The van der Waals surface area contributed by atoms with Gasteiger partial charge in [-0.3, -0.25) is 14.2 Å². The topological polar surface area (TPSA) is 72.7 Å². The molecule has 0 spiro atoms. The van der Waals surface area contributed by atoms with E-state index in [-0.39, 0.29) is 11.5 Å². The van der Waals surface area contributed by atoms with Gasteiger partial charge in [-0.1, -0.05) is 78.1 Å². The van der Waals surface area contributed by atoms with E-state index in [9.17, 15) is 9.59 Å². The minimum Gasteiger partial charge on any atom is -0.465 e. The highest BCUT2D eigenvalue weighted by molar-refractivity contribution is 7.07. The smallest absolute Gasteiger partial charge is 0.270 e. The van der Waals surface area contributed by atoms with Crippen LogP contribution in [0.4, 0.5) is 5.69 Å². The molecule has 1 N–H and O–H groups in total. The molecule has 2 bridgehead atoms. The van der Waals surface area contributed by atoms with Crippen LogP contribution in [-0.4, -0.2) is 16.2 Å². The summed E-state index contributed by atoms with van der Waals surface area (Å²) in [6.45, 7) is 1.82. The van der Waals surface area contributed by atoms with E-state index in [0.717, 1.165) is 11.1 Å². The molecule has 7 heteroatoms. The van der Waals surface area contributed by atoms with Crippen LogP contribution >= 0.6 is 11.3 Å². The van der Waals surface area contributed by atoms with E-state index in [1.165, 1.54) is 11.3 Å². The number of nitrogens with one attached hydrogen (secondary N) is 1. The molecule has 4 aromatic rings. The van der Waals surface area contributed by atoms with Crippen molar-refractivity contribution >= 4 is 29.0 Å². The summed E-state index contributed by atoms with van der Waals surface area (Å²) in [5.74, 6) is -0.332. The zero-order valence-corrected chi connectivity index (χ0v) is 19.2. The van der Waals surface area contributed by atoms with Crippen molar-refractivity contribution in [2.45, 2.75) is 18.7 Å². The quantitative estimate of drug-likeness (QED) is 0.502. The second-order valence-corrected chi connectivity index (χ2v) is 9.57. The molecule has 0 radical (unpaired) electrons. The normalized spacial score (nSPS) is 22.7. The van der Waals surface area contributed by atoms with Crippen LogP contribution in [0.5, 0.6) is 5.75 Å². The summed E-state index contributed by atoms with van der Waals surface area (Å²) < 4.78 is 8.57. The molecule has 0 unspecified atom stereocenters. The molecule has 0 saturated heterocycles. The van der Waals surface area contributed by atoms with Gasteiger partial charge in [0.05, 0.1) is 10.6 Å². The lowest BCUT2D eigenvalue weighted by molar-refractivity contribution is -0.131. The van der Waals surface area contributed by atoms with E-state index in [1.54, 1.807) is 4.57 Å². The first kappa shape index (κ1) is 20.6. The fraction of sp³-hybridized carbons (Fsp3) is 0.148. The largest absolute Gasteiger partial charge is 0.465 e. The Labute approximate surface area is 199 Å². The standard InChI is InChI=1S/C27H21N3O3S/c1-27-22(24(31)28-18-12-6-3-7-13-18)23(19-14-8-9-15-20(19)33-27)30-25(32)21(34-26(30)29-27)16-17-10-4-2-5-11-17/h2-16,22-23H,1H3,(H,28,31)/b21-16+/t22-,23+,27-/m0/s1. The molecule has 6 nitrogen and oxygen atoms in total. The van der Waals surface area contributed by atoms with Crippen molar-refractivity contribution in [3.05, 3.63) is 116 Å². The summed E-state index contributed by atoms with van der Waals surface area (Å²) in [7, 11) is 0. The average Bonchev–Trinajstić information content (AvgIpc) is 3.13. The van der Waals surface area contributed by atoms with Gasteiger partial charge in [0.2, 0.25) is 11.6 Å². The predicted octanol–water partition coefficient (Wildman–Crippen LogP) is 3.32. The van der Waals surface area contributed by atoms with E-state index < -0.39 is 17.7 Å². The Balaban J connectivity index is 1.55. The molecule has 3 heterocycles. The van der Waals surface area contributed by atoms with Gasteiger partial charge in [-0.2, -0.15) is 0 Å². The van der Waals surface area contributed by atoms with Gasteiger partial charge in [-0.15, -0.1) is 0 Å².